The number of nitrogens with zero attached hydrogens (tertiary/aromatic N) is 3. The van der Waals surface area contributed by atoms with Crippen LogP contribution in [-0.2, 0) is 16.0 Å². The number of rotatable bonds is 4. The van der Waals surface area contributed by atoms with Crippen LogP contribution in [0.2, 0.25) is 0 Å². The Kier molecular flexibility index (Phi) is 5.21. The lowest BCUT2D eigenvalue weighted by molar-refractivity contribution is -0.117. The largest absolute Gasteiger partial charge is 0.450 e. The minimum absolute atomic E-state index is 0.119. The van der Waals surface area contributed by atoms with Crippen LogP contribution in [0.4, 0.5) is 10.5 Å². The van der Waals surface area contributed by atoms with E-state index in [1.54, 1.807) is 0 Å². The summed E-state index contributed by atoms with van der Waals surface area (Å²) in [5, 5.41) is 0. The summed E-state index contributed by atoms with van der Waals surface area (Å²) in [6.07, 6.45) is 5.87. The summed E-state index contributed by atoms with van der Waals surface area (Å²) in [5.74, 6) is 0.888. The van der Waals surface area contributed by atoms with Crippen LogP contribution >= 0.6 is 0 Å². The first-order chi connectivity index (χ1) is 14.5. The molecule has 3 fully saturated rings. The van der Waals surface area contributed by atoms with Gasteiger partial charge < -0.3 is 19.4 Å². The van der Waals surface area contributed by atoms with Crippen molar-refractivity contribution in [2.45, 2.75) is 70.5 Å². The lowest BCUT2D eigenvalue weighted by Gasteiger charge is -2.39. The van der Waals surface area contributed by atoms with E-state index in [1.165, 1.54) is 11.1 Å². The monoisotopic (exact) mass is 411 g/mol. The highest BCUT2D eigenvalue weighted by Crippen LogP contribution is 2.40. The van der Waals surface area contributed by atoms with Crippen molar-refractivity contribution in [3.05, 3.63) is 29.3 Å². The van der Waals surface area contributed by atoms with Crippen LogP contribution in [0, 0.1) is 12.8 Å². The van der Waals surface area contributed by atoms with Crippen molar-refractivity contribution in [1.82, 2.24) is 9.80 Å². The number of amides is 2. The molecule has 3 atom stereocenters. The van der Waals surface area contributed by atoms with Crippen molar-refractivity contribution >= 4 is 17.7 Å². The highest BCUT2D eigenvalue weighted by molar-refractivity contribution is 6.02. The molecule has 6 nitrogen and oxygen atoms in total. The van der Waals surface area contributed by atoms with Gasteiger partial charge in [-0.05, 0) is 69.1 Å². The van der Waals surface area contributed by atoms with Gasteiger partial charge in [0, 0.05) is 37.4 Å². The second kappa shape index (κ2) is 7.88. The molecule has 30 heavy (non-hydrogen) atoms. The summed E-state index contributed by atoms with van der Waals surface area (Å²) in [5.41, 5.74) is 3.52. The molecule has 5 rings (SSSR count). The van der Waals surface area contributed by atoms with Crippen LogP contribution in [0.25, 0.3) is 0 Å². The molecule has 2 amide bonds. The molecule has 1 aromatic rings. The second-order valence-corrected chi connectivity index (χ2v) is 9.60. The van der Waals surface area contributed by atoms with E-state index in [0.717, 1.165) is 57.4 Å². The normalized spacial score (nSPS) is 30.8. The maximum absolute atomic E-state index is 12.7. The Morgan fingerprint density at radius 2 is 1.90 bits per heavy atom. The average molecular weight is 412 g/mol. The zero-order valence-corrected chi connectivity index (χ0v) is 18.2. The van der Waals surface area contributed by atoms with Crippen molar-refractivity contribution in [3.8, 4) is 0 Å². The third-order valence-electron chi connectivity index (χ3n) is 7.55. The maximum Gasteiger partial charge on any atom is 0.410 e. The van der Waals surface area contributed by atoms with E-state index in [4.69, 9.17) is 4.74 Å². The van der Waals surface area contributed by atoms with Gasteiger partial charge in [0.05, 0.1) is 19.1 Å². The lowest BCUT2D eigenvalue weighted by Crippen LogP contribution is -2.48. The molecule has 3 saturated heterocycles. The molecule has 4 aliphatic rings. The van der Waals surface area contributed by atoms with Crippen LogP contribution in [0.15, 0.2) is 18.2 Å². The van der Waals surface area contributed by atoms with Crippen molar-refractivity contribution in [2.24, 2.45) is 5.92 Å². The average Bonchev–Trinajstić information content (AvgIpc) is 3.36. The number of ether oxygens (including phenoxy) is 1. The minimum atomic E-state index is -0.119. The van der Waals surface area contributed by atoms with Gasteiger partial charge in [0.2, 0.25) is 5.91 Å². The number of likely N-dealkylation sites (tertiary alicyclic amines) is 1. The van der Waals surface area contributed by atoms with E-state index in [0.29, 0.717) is 31.0 Å². The van der Waals surface area contributed by atoms with Crippen LogP contribution in [0.1, 0.15) is 50.2 Å². The van der Waals surface area contributed by atoms with Crippen LogP contribution in [0.3, 0.4) is 0 Å². The fourth-order valence-electron chi connectivity index (χ4n) is 6.32. The fraction of sp³-hybridized carbons (Fsp3) is 0.667. The molecule has 2 bridgehead atoms. The number of hydrogen-bond donors (Lipinski definition) is 0. The first-order valence-corrected chi connectivity index (χ1v) is 11.6. The molecule has 162 valence electrons. The summed E-state index contributed by atoms with van der Waals surface area (Å²) in [6, 6.07) is 7.38. The molecular weight excluding hydrogens is 378 g/mol. The van der Waals surface area contributed by atoms with Gasteiger partial charge in [0.15, 0.2) is 0 Å². The summed E-state index contributed by atoms with van der Waals surface area (Å²) < 4.78 is 5.29. The number of carbonyl (C=O) groups excluding carboxylic acids is 2. The summed E-state index contributed by atoms with van der Waals surface area (Å²) >= 11 is 0. The van der Waals surface area contributed by atoms with Crippen LogP contribution < -0.4 is 4.90 Å². The lowest BCUT2D eigenvalue weighted by atomic mass is 9.90. The van der Waals surface area contributed by atoms with Crippen molar-refractivity contribution in [2.75, 3.05) is 31.1 Å². The number of hydrogen-bond acceptors (Lipinski definition) is 4. The number of benzene rings is 1. The standard InChI is InChI=1S/C24H33N3O3/c1-3-30-24(29)26-19-6-7-20(26)12-17(11-19)14-25-9-8-21(15-25)27-22-10-16(2)4-5-18(22)13-23(27)28/h4-5,10,17,19-21H,3,6-9,11-15H2,1-2H3/t19-,20-,21-/m0/s1. The van der Waals surface area contributed by atoms with E-state index in [-0.39, 0.29) is 18.0 Å². The van der Waals surface area contributed by atoms with Crippen LogP contribution in [-0.4, -0.2) is 66.2 Å². The van der Waals surface area contributed by atoms with E-state index in [1.807, 2.05) is 11.8 Å². The summed E-state index contributed by atoms with van der Waals surface area (Å²) in [7, 11) is 0. The van der Waals surface area contributed by atoms with E-state index < -0.39 is 0 Å². The fourth-order valence-corrected chi connectivity index (χ4v) is 6.32. The molecule has 4 aliphatic heterocycles. The van der Waals surface area contributed by atoms with E-state index >= 15 is 0 Å². The predicted molar refractivity (Wildman–Crippen MR) is 116 cm³/mol. The smallest absolute Gasteiger partial charge is 0.410 e. The van der Waals surface area contributed by atoms with Gasteiger partial charge in [-0.15, -0.1) is 0 Å². The second-order valence-electron chi connectivity index (χ2n) is 9.60. The van der Waals surface area contributed by atoms with Gasteiger partial charge in [-0.25, -0.2) is 4.79 Å². The number of anilines is 1. The maximum atomic E-state index is 12.7. The molecule has 0 radical (unpaired) electrons. The Bertz CT molecular complexity index is 827. The predicted octanol–water partition coefficient (Wildman–Crippen LogP) is 3.36. The summed E-state index contributed by atoms with van der Waals surface area (Å²) in [6.45, 7) is 7.53. The topological polar surface area (TPSA) is 53.1 Å². The third kappa shape index (κ3) is 3.49. The first kappa shape index (κ1) is 19.9. The Labute approximate surface area is 179 Å². The Morgan fingerprint density at radius 1 is 1.13 bits per heavy atom. The number of aryl methyl sites for hydroxylation is 1. The van der Waals surface area contributed by atoms with Crippen molar-refractivity contribution < 1.29 is 14.3 Å². The third-order valence-corrected chi connectivity index (χ3v) is 7.55. The first-order valence-electron chi connectivity index (χ1n) is 11.6. The number of piperidine rings is 1. The van der Waals surface area contributed by atoms with Crippen LogP contribution in [0.5, 0.6) is 0 Å². The molecule has 0 N–H and O–H groups in total. The molecular formula is C24H33N3O3. The van der Waals surface area contributed by atoms with Crippen molar-refractivity contribution in [3.63, 3.8) is 0 Å². The zero-order valence-electron chi connectivity index (χ0n) is 18.2. The Balaban J connectivity index is 1.20. The Hall–Kier alpha value is -2.08. The van der Waals surface area contributed by atoms with E-state index in [2.05, 4.69) is 34.9 Å². The van der Waals surface area contributed by atoms with Gasteiger partial charge >= 0.3 is 6.09 Å². The zero-order chi connectivity index (χ0) is 20.8. The van der Waals surface area contributed by atoms with Gasteiger partial charge in [0.25, 0.3) is 0 Å². The summed E-state index contributed by atoms with van der Waals surface area (Å²) in [4.78, 5) is 31.7. The molecule has 4 heterocycles. The molecule has 1 aromatic carbocycles. The van der Waals surface area contributed by atoms with Crippen molar-refractivity contribution in [1.29, 1.82) is 0 Å². The van der Waals surface area contributed by atoms with E-state index in [9.17, 15) is 9.59 Å². The molecule has 6 heteroatoms. The molecule has 0 aromatic heterocycles. The number of carbonyl (C=O) groups is 2. The Morgan fingerprint density at radius 3 is 2.63 bits per heavy atom. The molecule has 0 saturated carbocycles. The molecule has 0 unspecified atom stereocenters. The van der Waals surface area contributed by atoms with Gasteiger partial charge in [0.1, 0.15) is 0 Å². The van der Waals surface area contributed by atoms with Gasteiger partial charge in [-0.2, -0.15) is 0 Å². The quantitative estimate of drug-likeness (QED) is 0.762. The molecule has 0 aliphatic carbocycles. The highest BCUT2D eigenvalue weighted by Gasteiger charge is 2.45. The van der Waals surface area contributed by atoms with Gasteiger partial charge in [-0.3, -0.25) is 4.79 Å². The molecule has 0 spiro atoms. The highest BCUT2D eigenvalue weighted by atomic mass is 16.6. The SMILES string of the molecule is CCOC(=O)N1[C@H]2CC[C@H]1CC(CN1CC[C@H](N3C(=O)Cc4ccc(C)cc43)C1)C2. The number of fused-ring (bicyclic) bond motifs is 3. The van der Waals surface area contributed by atoms with Gasteiger partial charge in [-0.1, -0.05) is 12.1 Å². The minimum Gasteiger partial charge on any atom is -0.450 e.